The summed E-state index contributed by atoms with van der Waals surface area (Å²) in [6, 6.07) is 0. The molecular weight excluding hydrogens is 526 g/mol. The van der Waals surface area contributed by atoms with Crippen LogP contribution < -0.4 is 0 Å². The van der Waals surface area contributed by atoms with Gasteiger partial charge >= 0.3 is 43.1 Å². The van der Waals surface area contributed by atoms with E-state index in [4.69, 9.17) is 10.2 Å². The zero-order valence-electron chi connectivity index (χ0n) is 15.6. The summed E-state index contributed by atoms with van der Waals surface area (Å²) in [5, 5.41) is 3.66. The second-order valence-electron chi connectivity index (χ2n) is 5.44. The van der Waals surface area contributed by atoms with Gasteiger partial charge in [0.05, 0.1) is 13.2 Å². The normalized spacial score (nSPS) is 14.1. The van der Waals surface area contributed by atoms with Gasteiger partial charge in [0, 0.05) is 13.2 Å². The highest BCUT2D eigenvalue weighted by Crippen LogP contribution is 2.41. The quantitative estimate of drug-likeness (QED) is 0.218. The summed E-state index contributed by atoms with van der Waals surface area (Å²) >= 11 is 0. The van der Waals surface area contributed by atoms with Crippen molar-refractivity contribution in [1.82, 2.24) is 0 Å². The van der Waals surface area contributed by atoms with Crippen LogP contribution in [0.4, 0.5) is 43.9 Å². The summed E-state index contributed by atoms with van der Waals surface area (Å²) < 4.78 is 171. The van der Waals surface area contributed by atoms with E-state index in [1.54, 1.807) is 0 Å². The van der Waals surface area contributed by atoms with E-state index in [0.717, 1.165) is 12.8 Å². The van der Waals surface area contributed by atoms with Gasteiger partial charge in [-0.25, -0.2) is 0 Å². The SMILES string of the molecule is O=S(=O)(OCCCCOS(=O)(=O)C(F)(F)C(F)(F)F)C(F)(F)C(F)(F)F.OCCCCO. The molecule has 0 aromatic heterocycles. The van der Waals surface area contributed by atoms with Crippen molar-refractivity contribution in [2.24, 2.45) is 0 Å². The van der Waals surface area contributed by atoms with E-state index in [0.29, 0.717) is 0 Å². The van der Waals surface area contributed by atoms with Crippen molar-refractivity contribution >= 4 is 20.2 Å². The minimum absolute atomic E-state index is 0.195. The Kier molecular flexibility index (Phi) is 13.0. The molecule has 196 valence electrons. The van der Waals surface area contributed by atoms with E-state index >= 15 is 0 Å². The van der Waals surface area contributed by atoms with Crippen LogP contribution in [-0.2, 0) is 28.6 Å². The highest BCUT2D eigenvalue weighted by Gasteiger charge is 2.69. The topological polar surface area (TPSA) is 127 Å². The molecule has 0 spiro atoms. The van der Waals surface area contributed by atoms with Gasteiger partial charge in [0.25, 0.3) is 0 Å². The number of halogens is 10. The maximum atomic E-state index is 12.6. The first kappa shape index (κ1) is 33.2. The van der Waals surface area contributed by atoms with E-state index in [1.165, 1.54) is 0 Å². The van der Waals surface area contributed by atoms with Gasteiger partial charge in [-0.3, -0.25) is 8.37 Å². The Balaban J connectivity index is 0. The molecular formula is C12H18F10O8S2. The van der Waals surface area contributed by atoms with Crippen LogP contribution in [0.1, 0.15) is 25.7 Å². The molecule has 0 aliphatic heterocycles. The zero-order valence-corrected chi connectivity index (χ0v) is 17.2. The maximum absolute atomic E-state index is 12.6. The molecule has 0 aromatic rings. The fourth-order valence-electron chi connectivity index (χ4n) is 1.20. The largest absolute Gasteiger partial charge is 0.472 e. The number of aliphatic hydroxyl groups excluding tert-OH is 2. The second kappa shape index (κ2) is 12.5. The summed E-state index contributed by atoms with van der Waals surface area (Å²) in [6.45, 7) is -2.37. The Hall–Kier alpha value is -0.960. The lowest BCUT2D eigenvalue weighted by molar-refractivity contribution is -0.244. The highest BCUT2D eigenvalue weighted by atomic mass is 32.2. The summed E-state index contributed by atoms with van der Waals surface area (Å²) in [4.78, 5) is 0. The second-order valence-corrected chi connectivity index (χ2v) is 8.76. The van der Waals surface area contributed by atoms with Gasteiger partial charge in [0.1, 0.15) is 0 Å². The number of hydrogen-bond donors (Lipinski definition) is 2. The third-order valence-corrected chi connectivity index (χ3v) is 5.54. The predicted molar refractivity (Wildman–Crippen MR) is 84.4 cm³/mol. The molecule has 0 rings (SSSR count). The van der Waals surface area contributed by atoms with Crippen molar-refractivity contribution in [1.29, 1.82) is 0 Å². The van der Waals surface area contributed by atoms with Crippen LogP contribution in [0, 0.1) is 0 Å². The van der Waals surface area contributed by atoms with Crippen molar-refractivity contribution in [3.8, 4) is 0 Å². The molecule has 0 bridgehead atoms. The third kappa shape index (κ3) is 9.49. The van der Waals surface area contributed by atoms with E-state index in [-0.39, 0.29) is 13.2 Å². The zero-order chi connectivity index (χ0) is 26.1. The van der Waals surface area contributed by atoms with Crippen molar-refractivity contribution in [2.75, 3.05) is 26.4 Å². The summed E-state index contributed by atoms with van der Waals surface area (Å²) in [7, 11) is -12.9. The van der Waals surface area contributed by atoms with Crippen LogP contribution in [0.5, 0.6) is 0 Å². The van der Waals surface area contributed by atoms with Gasteiger partial charge in [-0.05, 0) is 25.7 Å². The lowest BCUT2D eigenvalue weighted by atomic mass is 10.3. The van der Waals surface area contributed by atoms with Crippen LogP contribution in [0.25, 0.3) is 0 Å². The van der Waals surface area contributed by atoms with Gasteiger partial charge in [-0.2, -0.15) is 60.7 Å². The van der Waals surface area contributed by atoms with Gasteiger partial charge in [-0.1, -0.05) is 0 Å². The molecule has 0 aliphatic carbocycles. The molecule has 8 nitrogen and oxygen atoms in total. The highest BCUT2D eigenvalue weighted by molar-refractivity contribution is 7.88. The molecule has 32 heavy (non-hydrogen) atoms. The first-order valence-electron chi connectivity index (χ1n) is 8.01. The Labute approximate surface area is 175 Å². The Morgan fingerprint density at radius 1 is 0.531 bits per heavy atom. The van der Waals surface area contributed by atoms with Crippen LogP contribution in [0.2, 0.25) is 0 Å². The molecule has 0 aliphatic rings. The molecule has 0 atom stereocenters. The Morgan fingerprint density at radius 2 is 0.781 bits per heavy atom. The van der Waals surface area contributed by atoms with Gasteiger partial charge in [-0.15, -0.1) is 0 Å². The van der Waals surface area contributed by atoms with Crippen molar-refractivity contribution in [2.45, 2.75) is 48.5 Å². The van der Waals surface area contributed by atoms with Crippen molar-refractivity contribution in [3.05, 3.63) is 0 Å². The fourth-order valence-corrected chi connectivity index (χ4v) is 2.73. The van der Waals surface area contributed by atoms with Crippen LogP contribution in [0.3, 0.4) is 0 Å². The molecule has 0 saturated heterocycles. The van der Waals surface area contributed by atoms with Crippen molar-refractivity contribution < 1.29 is 79.3 Å². The number of hydrogen-bond acceptors (Lipinski definition) is 8. The molecule has 0 amide bonds. The Morgan fingerprint density at radius 3 is 0.969 bits per heavy atom. The first-order valence-corrected chi connectivity index (χ1v) is 10.8. The minimum Gasteiger partial charge on any atom is -0.396 e. The first-order chi connectivity index (χ1) is 14.1. The minimum atomic E-state index is -6.49. The van der Waals surface area contributed by atoms with E-state index < -0.39 is 69.2 Å². The van der Waals surface area contributed by atoms with E-state index in [1.807, 2.05) is 0 Å². The smallest absolute Gasteiger partial charge is 0.396 e. The predicted octanol–water partition coefficient (Wildman–Crippen LogP) is 2.52. The number of unbranched alkanes of at least 4 members (excludes halogenated alkanes) is 2. The van der Waals surface area contributed by atoms with E-state index in [9.17, 15) is 60.7 Å². The third-order valence-electron chi connectivity index (χ3n) is 2.87. The molecule has 0 aromatic carbocycles. The van der Waals surface area contributed by atoms with E-state index in [2.05, 4.69) is 8.37 Å². The lowest BCUT2D eigenvalue weighted by Gasteiger charge is -2.19. The van der Waals surface area contributed by atoms with Gasteiger partial charge < -0.3 is 10.2 Å². The molecule has 0 unspecified atom stereocenters. The lowest BCUT2D eigenvalue weighted by Crippen LogP contribution is -2.45. The molecule has 2 N–H and O–H groups in total. The Bertz CT molecular complexity index is 683. The van der Waals surface area contributed by atoms with Crippen LogP contribution in [-0.4, -0.2) is 76.3 Å². The molecule has 20 heteroatoms. The average Bonchev–Trinajstić information content (AvgIpc) is 2.61. The number of aliphatic hydroxyl groups is 2. The van der Waals surface area contributed by atoms with Crippen molar-refractivity contribution in [3.63, 3.8) is 0 Å². The summed E-state index contributed by atoms with van der Waals surface area (Å²) in [6.07, 6.45) is -13.2. The number of rotatable bonds is 12. The molecule has 0 heterocycles. The number of alkyl halides is 10. The summed E-state index contributed by atoms with van der Waals surface area (Å²) in [5.74, 6) is 0. The fraction of sp³-hybridized carbons (Fsp3) is 1.00. The average molecular weight is 544 g/mol. The molecule has 0 saturated carbocycles. The summed E-state index contributed by atoms with van der Waals surface area (Å²) in [5.41, 5.74) is 0. The van der Waals surface area contributed by atoms with Gasteiger partial charge in [0.15, 0.2) is 0 Å². The monoisotopic (exact) mass is 544 g/mol. The van der Waals surface area contributed by atoms with Gasteiger partial charge in [0.2, 0.25) is 0 Å². The van der Waals surface area contributed by atoms with Crippen LogP contribution in [0.15, 0.2) is 0 Å². The van der Waals surface area contributed by atoms with Crippen LogP contribution >= 0.6 is 0 Å². The molecule has 0 radical (unpaired) electrons. The molecule has 0 fully saturated rings. The standard InChI is InChI=1S/C8H8F10O6S2.C4H10O2/c9-5(10,11)7(15,16)25(19,20)23-3-1-2-4-24-26(21,22)8(17,18)6(12,13)14;5-3-1-2-4-6/h1-4H2;5-6H,1-4H2. The maximum Gasteiger partial charge on any atom is 0.472 e.